The van der Waals surface area contributed by atoms with Gasteiger partial charge in [0.2, 0.25) is 0 Å². The molecule has 0 bridgehead atoms. The molecule has 0 unspecified atom stereocenters. The Bertz CT molecular complexity index is 323. The number of hydrogen-bond acceptors (Lipinski definition) is 0. The first kappa shape index (κ1) is 24.2. The Balaban J connectivity index is -0.000000233. The summed E-state index contributed by atoms with van der Waals surface area (Å²) in [5.74, 6) is 1.37. The van der Waals surface area contributed by atoms with Crippen LogP contribution in [0, 0.1) is 0 Å². The molecule has 0 aromatic heterocycles. The van der Waals surface area contributed by atoms with E-state index in [0.29, 0.717) is 11.8 Å². The van der Waals surface area contributed by atoms with Gasteiger partial charge in [0, 0.05) is 0 Å². The first-order chi connectivity index (χ1) is 7.61. The second-order valence-corrected chi connectivity index (χ2v) is 4.75. The van der Waals surface area contributed by atoms with Crippen molar-refractivity contribution in [3.05, 3.63) is 59.7 Å². The van der Waals surface area contributed by atoms with Gasteiger partial charge < -0.3 is 24.8 Å². The zero-order valence-electron chi connectivity index (χ0n) is 12.0. The Kier molecular flexibility index (Phi) is 16.8. The molecule has 0 atom stereocenters. The van der Waals surface area contributed by atoms with Gasteiger partial charge >= 0.3 is 26.2 Å². The summed E-state index contributed by atoms with van der Waals surface area (Å²) in [7, 11) is 0. The second kappa shape index (κ2) is 13.2. The van der Waals surface area contributed by atoms with Gasteiger partial charge in [-0.05, 0) is 0 Å². The molecule has 0 N–H and O–H groups in total. The van der Waals surface area contributed by atoms with Crippen LogP contribution in [0.2, 0.25) is 0 Å². The molecule has 19 heavy (non-hydrogen) atoms. The molecular weight excluding hydrogens is 354 g/mol. The van der Waals surface area contributed by atoms with Crippen molar-refractivity contribution < 1.29 is 51.0 Å². The van der Waals surface area contributed by atoms with Crippen LogP contribution in [0.15, 0.2) is 48.5 Å². The molecule has 0 saturated carbocycles. The topological polar surface area (TPSA) is 0 Å². The third-order valence-corrected chi connectivity index (χ3v) is 2.71. The summed E-state index contributed by atoms with van der Waals surface area (Å²) in [6, 6.07) is 16.9. The van der Waals surface area contributed by atoms with Crippen LogP contribution in [0.1, 0.15) is 50.7 Å². The number of halogens is 2. The molecule has 0 aliphatic heterocycles. The summed E-state index contributed by atoms with van der Waals surface area (Å²) in [6.07, 6.45) is 0. The van der Waals surface area contributed by atoms with Crippen LogP contribution in [0.4, 0.5) is 0 Å². The van der Waals surface area contributed by atoms with E-state index in [1.165, 1.54) is 11.1 Å². The van der Waals surface area contributed by atoms with Crippen LogP contribution in [-0.2, 0) is 26.2 Å². The molecule has 0 heterocycles. The van der Waals surface area contributed by atoms with Crippen LogP contribution < -0.4 is 24.8 Å². The smallest absolute Gasteiger partial charge is 1.00 e. The van der Waals surface area contributed by atoms with Crippen LogP contribution >= 0.6 is 0 Å². The molecule has 0 aliphatic carbocycles. The van der Waals surface area contributed by atoms with Crippen molar-refractivity contribution in [2.45, 2.75) is 39.5 Å². The fourth-order valence-corrected chi connectivity index (χ4v) is 1.55. The van der Waals surface area contributed by atoms with E-state index >= 15 is 0 Å². The molecule has 0 spiro atoms. The largest absolute Gasteiger partial charge is 4.00 e. The predicted octanol–water partition coefficient (Wildman–Crippen LogP) is -0.937. The minimum absolute atomic E-state index is 0. The maximum absolute atomic E-state index is 2.20. The van der Waals surface area contributed by atoms with Crippen LogP contribution in [-0.4, -0.2) is 0 Å². The van der Waals surface area contributed by atoms with Crippen LogP contribution in [0.5, 0.6) is 0 Å². The predicted molar refractivity (Wildman–Crippen MR) is 72.2 cm³/mol. The zero-order chi connectivity index (χ0) is 12.0. The van der Waals surface area contributed by atoms with Gasteiger partial charge in [0.1, 0.15) is 0 Å². The van der Waals surface area contributed by atoms with Gasteiger partial charge in [0.15, 0.2) is 0 Å². The van der Waals surface area contributed by atoms with E-state index in [2.05, 4.69) is 76.2 Å². The fraction of sp³-hybridized carbons (Fsp3) is 0.375. The fourth-order valence-electron chi connectivity index (χ4n) is 1.55. The van der Waals surface area contributed by atoms with E-state index in [1.54, 1.807) is 0 Å². The molecule has 3 heteroatoms. The molecule has 2 aromatic rings. The standard InChI is InChI=1S/2C8H11.2ClH.Zr/c2*1-7(2)8-5-3-4-6-8;;;/h2*3-7H,1-2H3;2*1H;/q2*-1;;;+4/p-2. The van der Waals surface area contributed by atoms with E-state index in [4.69, 9.17) is 0 Å². The number of hydrogen-bond donors (Lipinski definition) is 0. The van der Waals surface area contributed by atoms with E-state index in [1.807, 2.05) is 0 Å². The zero-order valence-corrected chi connectivity index (χ0v) is 16.0. The SMILES string of the molecule is CC(C)[c-]1cccc1.CC(C)[c-]1cccc1.[Cl-].[Cl-].[Zr+4]. The van der Waals surface area contributed by atoms with E-state index in [-0.39, 0.29) is 51.0 Å². The molecule has 0 fully saturated rings. The van der Waals surface area contributed by atoms with Gasteiger partial charge in [0.05, 0.1) is 0 Å². The summed E-state index contributed by atoms with van der Waals surface area (Å²) in [4.78, 5) is 0. The van der Waals surface area contributed by atoms with E-state index < -0.39 is 0 Å². The van der Waals surface area contributed by atoms with Gasteiger partial charge in [-0.1, -0.05) is 39.5 Å². The van der Waals surface area contributed by atoms with Crippen molar-refractivity contribution in [2.75, 3.05) is 0 Å². The van der Waals surface area contributed by atoms with Crippen molar-refractivity contribution in [3.63, 3.8) is 0 Å². The molecule has 2 aromatic carbocycles. The Morgan fingerprint density at radius 3 is 0.895 bits per heavy atom. The van der Waals surface area contributed by atoms with Crippen molar-refractivity contribution >= 4 is 0 Å². The quantitative estimate of drug-likeness (QED) is 0.594. The van der Waals surface area contributed by atoms with E-state index in [9.17, 15) is 0 Å². The van der Waals surface area contributed by atoms with Gasteiger partial charge in [-0.25, -0.2) is 24.3 Å². The molecule has 0 radical (unpaired) electrons. The molecule has 0 nitrogen and oxygen atoms in total. The first-order valence-corrected chi connectivity index (χ1v) is 6.04. The molecule has 104 valence electrons. The Morgan fingerprint density at radius 2 is 0.789 bits per heavy atom. The van der Waals surface area contributed by atoms with Gasteiger partial charge in [-0.2, -0.15) is 35.4 Å². The van der Waals surface area contributed by atoms with Crippen molar-refractivity contribution in [1.29, 1.82) is 0 Å². The second-order valence-electron chi connectivity index (χ2n) is 4.75. The maximum Gasteiger partial charge on any atom is 4.00 e. The monoisotopic (exact) mass is 374 g/mol. The Hall–Kier alpha value is 0.163. The molecule has 0 amide bonds. The Labute approximate surface area is 149 Å². The first-order valence-electron chi connectivity index (χ1n) is 6.04. The summed E-state index contributed by atoms with van der Waals surface area (Å²) >= 11 is 0. The average Bonchev–Trinajstić information content (AvgIpc) is 2.93. The number of rotatable bonds is 2. The van der Waals surface area contributed by atoms with Gasteiger partial charge in [0.25, 0.3) is 0 Å². The van der Waals surface area contributed by atoms with E-state index in [0.717, 1.165) is 0 Å². The molecule has 2 rings (SSSR count). The van der Waals surface area contributed by atoms with Gasteiger partial charge in [-0.15, -0.1) is 0 Å². The minimum Gasteiger partial charge on any atom is -1.00 e. The maximum atomic E-state index is 2.20. The molecular formula is C16H22Cl2Zr. The van der Waals surface area contributed by atoms with Crippen LogP contribution in [0.3, 0.4) is 0 Å². The summed E-state index contributed by atoms with van der Waals surface area (Å²) < 4.78 is 0. The molecule has 0 saturated heterocycles. The minimum atomic E-state index is 0. The van der Waals surface area contributed by atoms with Crippen LogP contribution in [0.25, 0.3) is 0 Å². The summed E-state index contributed by atoms with van der Waals surface area (Å²) in [5.41, 5.74) is 2.87. The summed E-state index contributed by atoms with van der Waals surface area (Å²) in [5, 5.41) is 0. The normalized spacial score (nSPS) is 8.74. The third-order valence-electron chi connectivity index (χ3n) is 2.71. The van der Waals surface area contributed by atoms with Crippen molar-refractivity contribution in [3.8, 4) is 0 Å². The Morgan fingerprint density at radius 1 is 0.579 bits per heavy atom. The third kappa shape index (κ3) is 9.66. The van der Waals surface area contributed by atoms with Crippen molar-refractivity contribution in [2.24, 2.45) is 0 Å². The molecule has 0 aliphatic rings. The van der Waals surface area contributed by atoms with Crippen molar-refractivity contribution in [1.82, 2.24) is 0 Å². The summed E-state index contributed by atoms with van der Waals surface area (Å²) in [6.45, 7) is 8.81. The average molecular weight is 376 g/mol. The van der Waals surface area contributed by atoms with Gasteiger partial charge in [-0.3, -0.25) is 0 Å².